The van der Waals surface area contributed by atoms with E-state index in [2.05, 4.69) is 27.5 Å². The summed E-state index contributed by atoms with van der Waals surface area (Å²) in [5.74, 6) is 0.283. The van der Waals surface area contributed by atoms with Gasteiger partial charge in [-0.2, -0.15) is 0 Å². The number of amides is 1. The van der Waals surface area contributed by atoms with Crippen LogP contribution in [-0.4, -0.2) is 28.5 Å². The molecule has 6 heteroatoms. The normalized spacial score (nSPS) is 23.7. The van der Waals surface area contributed by atoms with E-state index in [1.807, 2.05) is 6.92 Å². The van der Waals surface area contributed by atoms with Crippen LogP contribution >= 0.6 is 11.6 Å². The Labute approximate surface area is 111 Å². The molecule has 0 spiro atoms. The van der Waals surface area contributed by atoms with Gasteiger partial charge in [0.1, 0.15) is 5.15 Å². The van der Waals surface area contributed by atoms with E-state index in [0.717, 1.165) is 25.1 Å². The number of hydrogen-bond acceptors (Lipinski definition) is 4. The van der Waals surface area contributed by atoms with E-state index in [1.165, 1.54) is 0 Å². The fraction of sp³-hybridized carbons (Fsp3) is 0.583. The lowest BCUT2D eigenvalue weighted by Crippen LogP contribution is -2.40. The van der Waals surface area contributed by atoms with Crippen molar-refractivity contribution in [1.82, 2.24) is 15.3 Å². The lowest BCUT2D eigenvalue weighted by atomic mass is 9.92. The van der Waals surface area contributed by atoms with Crippen LogP contribution in [0.25, 0.3) is 0 Å². The molecule has 1 aromatic heterocycles. The SMILES string of the molecule is Cc1cc(Cl)nc(NC(=O)C2CCNC(C)C2)n1. The minimum atomic E-state index is -0.0231. The Morgan fingerprint density at radius 3 is 3.00 bits per heavy atom. The van der Waals surface area contributed by atoms with Crippen molar-refractivity contribution in [1.29, 1.82) is 0 Å². The van der Waals surface area contributed by atoms with Gasteiger partial charge in [-0.15, -0.1) is 0 Å². The number of hydrogen-bond donors (Lipinski definition) is 2. The molecule has 1 aliphatic heterocycles. The van der Waals surface area contributed by atoms with Gasteiger partial charge in [-0.05, 0) is 39.3 Å². The molecule has 2 unspecified atom stereocenters. The van der Waals surface area contributed by atoms with E-state index in [1.54, 1.807) is 6.07 Å². The van der Waals surface area contributed by atoms with Crippen LogP contribution in [0.5, 0.6) is 0 Å². The number of piperidine rings is 1. The first kappa shape index (κ1) is 13.2. The summed E-state index contributed by atoms with van der Waals surface area (Å²) in [6.45, 7) is 4.77. The molecule has 2 heterocycles. The van der Waals surface area contributed by atoms with E-state index in [4.69, 9.17) is 11.6 Å². The summed E-state index contributed by atoms with van der Waals surface area (Å²) in [7, 11) is 0. The van der Waals surface area contributed by atoms with Gasteiger partial charge in [0.25, 0.3) is 0 Å². The Balaban J connectivity index is 2.02. The number of carbonyl (C=O) groups is 1. The van der Waals surface area contributed by atoms with Crippen LogP contribution in [0, 0.1) is 12.8 Å². The quantitative estimate of drug-likeness (QED) is 0.802. The number of halogens is 1. The highest BCUT2D eigenvalue weighted by Gasteiger charge is 2.25. The minimum absolute atomic E-state index is 0.0177. The van der Waals surface area contributed by atoms with Crippen molar-refractivity contribution in [3.05, 3.63) is 16.9 Å². The lowest BCUT2D eigenvalue weighted by Gasteiger charge is -2.26. The molecule has 1 fully saturated rings. The molecule has 18 heavy (non-hydrogen) atoms. The van der Waals surface area contributed by atoms with Gasteiger partial charge in [0.15, 0.2) is 0 Å². The summed E-state index contributed by atoms with van der Waals surface area (Å²) >= 11 is 5.83. The molecule has 0 radical (unpaired) electrons. The Kier molecular flexibility index (Phi) is 4.14. The molecule has 98 valence electrons. The molecule has 1 aromatic rings. The molecule has 0 aromatic carbocycles. The van der Waals surface area contributed by atoms with E-state index in [0.29, 0.717) is 11.2 Å². The molecule has 1 saturated heterocycles. The summed E-state index contributed by atoms with van der Waals surface area (Å²) in [5, 5.41) is 6.40. The van der Waals surface area contributed by atoms with Gasteiger partial charge in [0.2, 0.25) is 11.9 Å². The Bertz CT molecular complexity index is 431. The van der Waals surface area contributed by atoms with Gasteiger partial charge >= 0.3 is 0 Å². The average molecular weight is 269 g/mol. The van der Waals surface area contributed by atoms with Crippen molar-refractivity contribution in [2.24, 2.45) is 5.92 Å². The van der Waals surface area contributed by atoms with Gasteiger partial charge in [-0.3, -0.25) is 10.1 Å². The van der Waals surface area contributed by atoms with E-state index in [9.17, 15) is 4.79 Å². The summed E-state index contributed by atoms with van der Waals surface area (Å²) < 4.78 is 0. The number of nitrogens with zero attached hydrogens (tertiary/aromatic N) is 2. The van der Waals surface area contributed by atoms with E-state index >= 15 is 0 Å². The van der Waals surface area contributed by atoms with E-state index < -0.39 is 0 Å². The number of aryl methyl sites for hydroxylation is 1. The van der Waals surface area contributed by atoms with Crippen molar-refractivity contribution < 1.29 is 4.79 Å². The number of anilines is 1. The third-order valence-electron chi connectivity index (χ3n) is 3.05. The molecule has 1 aliphatic rings. The van der Waals surface area contributed by atoms with Crippen molar-refractivity contribution >= 4 is 23.5 Å². The molecule has 0 bridgehead atoms. The predicted molar refractivity (Wildman–Crippen MR) is 70.6 cm³/mol. The summed E-state index contributed by atoms with van der Waals surface area (Å²) in [4.78, 5) is 20.2. The lowest BCUT2D eigenvalue weighted by molar-refractivity contribution is -0.120. The second-order valence-corrected chi connectivity index (χ2v) is 5.11. The molecule has 2 N–H and O–H groups in total. The Morgan fingerprint density at radius 1 is 1.56 bits per heavy atom. The highest BCUT2D eigenvalue weighted by molar-refractivity contribution is 6.29. The zero-order valence-electron chi connectivity index (χ0n) is 10.5. The largest absolute Gasteiger partial charge is 0.314 e. The Morgan fingerprint density at radius 2 is 2.33 bits per heavy atom. The highest BCUT2D eigenvalue weighted by Crippen LogP contribution is 2.18. The van der Waals surface area contributed by atoms with Crippen molar-refractivity contribution in [2.45, 2.75) is 32.7 Å². The first-order valence-corrected chi connectivity index (χ1v) is 6.48. The summed E-state index contributed by atoms with van der Waals surface area (Å²) in [5.41, 5.74) is 0.740. The highest BCUT2D eigenvalue weighted by atomic mass is 35.5. The fourth-order valence-electron chi connectivity index (χ4n) is 2.17. The first-order valence-electron chi connectivity index (χ1n) is 6.10. The fourth-order valence-corrected chi connectivity index (χ4v) is 2.41. The van der Waals surface area contributed by atoms with Crippen molar-refractivity contribution in [3.63, 3.8) is 0 Å². The zero-order chi connectivity index (χ0) is 13.1. The van der Waals surface area contributed by atoms with E-state index in [-0.39, 0.29) is 17.8 Å². The van der Waals surface area contributed by atoms with Crippen molar-refractivity contribution in [2.75, 3.05) is 11.9 Å². The van der Waals surface area contributed by atoms with Gasteiger partial charge in [0, 0.05) is 17.7 Å². The Hall–Kier alpha value is -1.20. The smallest absolute Gasteiger partial charge is 0.231 e. The second-order valence-electron chi connectivity index (χ2n) is 4.72. The van der Waals surface area contributed by atoms with Gasteiger partial charge in [-0.1, -0.05) is 11.6 Å². The van der Waals surface area contributed by atoms with Gasteiger partial charge in [-0.25, -0.2) is 9.97 Å². The molecular formula is C12H17ClN4O. The predicted octanol–water partition coefficient (Wildman–Crippen LogP) is 1.77. The number of carbonyl (C=O) groups excluding carboxylic acids is 1. The van der Waals surface area contributed by atoms with Crippen LogP contribution in [0.4, 0.5) is 5.95 Å². The number of rotatable bonds is 2. The van der Waals surface area contributed by atoms with Crippen LogP contribution in [0.2, 0.25) is 5.15 Å². The number of nitrogens with one attached hydrogen (secondary N) is 2. The van der Waals surface area contributed by atoms with Crippen molar-refractivity contribution in [3.8, 4) is 0 Å². The molecule has 0 saturated carbocycles. The summed E-state index contributed by atoms with van der Waals surface area (Å²) in [6.07, 6.45) is 1.68. The maximum atomic E-state index is 12.1. The van der Waals surface area contributed by atoms with Crippen LogP contribution in [0.3, 0.4) is 0 Å². The van der Waals surface area contributed by atoms with Crippen LogP contribution < -0.4 is 10.6 Å². The monoisotopic (exact) mass is 268 g/mol. The molecule has 5 nitrogen and oxygen atoms in total. The molecule has 2 atom stereocenters. The standard InChI is InChI=1S/C12H17ClN4O/c1-7-5-9(3-4-14-7)11(18)17-12-15-8(2)6-10(13)16-12/h6-7,9,14H,3-5H2,1-2H3,(H,15,16,17,18). The van der Waals surface area contributed by atoms with Crippen LogP contribution in [-0.2, 0) is 4.79 Å². The summed E-state index contributed by atoms with van der Waals surface area (Å²) in [6, 6.07) is 2.03. The third-order valence-corrected chi connectivity index (χ3v) is 3.25. The zero-order valence-corrected chi connectivity index (χ0v) is 11.3. The van der Waals surface area contributed by atoms with Gasteiger partial charge < -0.3 is 5.32 Å². The average Bonchev–Trinajstić information content (AvgIpc) is 2.27. The molecule has 1 amide bonds. The topological polar surface area (TPSA) is 66.9 Å². The van der Waals surface area contributed by atoms with Gasteiger partial charge in [0.05, 0.1) is 0 Å². The molecular weight excluding hydrogens is 252 g/mol. The molecule has 2 rings (SSSR count). The first-order chi connectivity index (χ1) is 8.54. The second kappa shape index (κ2) is 5.63. The molecule has 0 aliphatic carbocycles. The maximum absolute atomic E-state index is 12.1. The maximum Gasteiger partial charge on any atom is 0.231 e. The minimum Gasteiger partial charge on any atom is -0.314 e. The van der Waals surface area contributed by atoms with Crippen LogP contribution in [0.1, 0.15) is 25.5 Å². The van der Waals surface area contributed by atoms with Crippen LogP contribution in [0.15, 0.2) is 6.07 Å². The third kappa shape index (κ3) is 3.40. The number of aromatic nitrogens is 2.